The van der Waals surface area contributed by atoms with Gasteiger partial charge in [0.1, 0.15) is 0 Å². The topological polar surface area (TPSA) is 12.0 Å². The van der Waals surface area contributed by atoms with E-state index in [4.69, 9.17) is 0 Å². The van der Waals surface area contributed by atoms with Crippen LogP contribution in [-0.2, 0) is 6.42 Å². The SMILES string of the molecule is CCCCc1ccc(C(NC)c2cccc(C)c2)cc1. The summed E-state index contributed by atoms with van der Waals surface area (Å²) in [6.07, 6.45) is 3.71. The Labute approximate surface area is 123 Å². The molecule has 2 aromatic carbocycles. The summed E-state index contributed by atoms with van der Waals surface area (Å²) in [6.45, 7) is 4.38. The van der Waals surface area contributed by atoms with Crippen LogP contribution in [0.15, 0.2) is 48.5 Å². The second kappa shape index (κ2) is 7.25. The van der Waals surface area contributed by atoms with Gasteiger partial charge in [-0.1, -0.05) is 67.4 Å². The number of aryl methyl sites for hydroxylation is 2. The Hall–Kier alpha value is -1.60. The summed E-state index contributed by atoms with van der Waals surface area (Å²) in [4.78, 5) is 0. The Bertz CT molecular complexity index is 528. The molecule has 0 aliphatic rings. The summed E-state index contributed by atoms with van der Waals surface area (Å²) in [5, 5.41) is 3.42. The van der Waals surface area contributed by atoms with Crippen LogP contribution in [0.4, 0.5) is 0 Å². The summed E-state index contributed by atoms with van der Waals surface area (Å²) < 4.78 is 0. The van der Waals surface area contributed by atoms with Crippen LogP contribution in [0, 0.1) is 6.92 Å². The second-order valence-corrected chi connectivity index (χ2v) is 5.48. The number of hydrogen-bond acceptors (Lipinski definition) is 1. The maximum Gasteiger partial charge on any atom is 0.0574 e. The molecule has 0 aliphatic carbocycles. The van der Waals surface area contributed by atoms with E-state index in [0.29, 0.717) is 0 Å². The zero-order chi connectivity index (χ0) is 14.4. The van der Waals surface area contributed by atoms with Gasteiger partial charge >= 0.3 is 0 Å². The Kier molecular flexibility index (Phi) is 5.37. The molecule has 2 aromatic rings. The van der Waals surface area contributed by atoms with E-state index in [1.54, 1.807) is 0 Å². The molecule has 2 rings (SSSR count). The fourth-order valence-corrected chi connectivity index (χ4v) is 2.63. The quantitative estimate of drug-likeness (QED) is 0.803. The van der Waals surface area contributed by atoms with Crippen molar-refractivity contribution in [2.45, 2.75) is 39.2 Å². The van der Waals surface area contributed by atoms with Gasteiger partial charge in [-0.05, 0) is 43.5 Å². The molecular formula is C19H25N. The van der Waals surface area contributed by atoms with Crippen LogP contribution in [0.2, 0.25) is 0 Å². The van der Waals surface area contributed by atoms with Gasteiger partial charge in [-0.25, -0.2) is 0 Å². The highest BCUT2D eigenvalue weighted by atomic mass is 14.9. The lowest BCUT2D eigenvalue weighted by atomic mass is 9.96. The van der Waals surface area contributed by atoms with Gasteiger partial charge in [-0.2, -0.15) is 0 Å². The highest BCUT2D eigenvalue weighted by Gasteiger charge is 2.11. The third kappa shape index (κ3) is 3.71. The van der Waals surface area contributed by atoms with Crippen molar-refractivity contribution >= 4 is 0 Å². The molecule has 0 saturated carbocycles. The highest BCUT2D eigenvalue weighted by molar-refractivity contribution is 5.35. The average Bonchev–Trinajstić information content (AvgIpc) is 2.47. The summed E-state index contributed by atoms with van der Waals surface area (Å²) in [7, 11) is 2.03. The molecule has 0 spiro atoms. The van der Waals surface area contributed by atoms with Gasteiger partial charge in [0.15, 0.2) is 0 Å². The van der Waals surface area contributed by atoms with Crippen molar-refractivity contribution in [1.29, 1.82) is 0 Å². The number of unbranched alkanes of at least 4 members (excludes halogenated alkanes) is 1. The largest absolute Gasteiger partial charge is 0.309 e. The van der Waals surface area contributed by atoms with Crippen LogP contribution in [0.3, 0.4) is 0 Å². The Balaban J connectivity index is 2.19. The van der Waals surface area contributed by atoms with E-state index in [-0.39, 0.29) is 6.04 Å². The molecule has 20 heavy (non-hydrogen) atoms. The van der Waals surface area contributed by atoms with Crippen molar-refractivity contribution < 1.29 is 0 Å². The molecule has 106 valence electrons. The first-order chi connectivity index (χ1) is 9.74. The van der Waals surface area contributed by atoms with E-state index in [1.807, 2.05) is 7.05 Å². The van der Waals surface area contributed by atoms with Gasteiger partial charge in [-0.15, -0.1) is 0 Å². The number of hydrogen-bond donors (Lipinski definition) is 1. The molecule has 1 unspecified atom stereocenters. The molecule has 1 atom stereocenters. The summed E-state index contributed by atoms with van der Waals surface area (Å²) in [5.74, 6) is 0. The zero-order valence-electron chi connectivity index (χ0n) is 12.8. The fourth-order valence-electron chi connectivity index (χ4n) is 2.63. The van der Waals surface area contributed by atoms with Crippen molar-refractivity contribution in [2.24, 2.45) is 0 Å². The van der Waals surface area contributed by atoms with Gasteiger partial charge in [0, 0.05) is 0 Å². The molecule has 0 aromatic heterocycles. The van der Waals surface area contributed by atoms with Crippen molar-refractivity contribution in [2.75, 3.05) is 7.05 Å². The van der Waals surface area contributed by atoms with Crippen molar-refractivity contribution in [3.63, 3.8) is 0 Å². The minimum Gasteiger partial charge on any atom is -0.309 e. The maximum atomic E-state index is 3.42. The van der Waals surface area contributed by atoms with E-state index >= 15 is 0 Å². The predicted octanol–water partition coefficient (Wildman–Crippen LogP) is 4.65. The Morgan fingerprint density at radius 2 is 1.75 bits per heavy atom. The molecule has 0 bridgehead atoms. The van der Waals surface area contributed by atoms with Crippen LogP contribution in [0.1, 0.15) is 48.1 Å². The number of benzene rings is 2. The van der Waals surface area contributed by atoms with Crippen molar-refractivity contribution in [1.82, 2.24) is 5.32 Å². The average molecular weight is 267 g/mol. The second-order valence-electron chi connectivity index (χ2n) is 5.48. The first-order valence-corrected chi connectivity index (χ1v) is 7.57. The third-order valence-corrected chi connectivity index (χ3v) is 3.80. The monoisotopic (exact) mass is 267 g/mol. The molecule has 0 saturated heterocycles. The molecule has 1 nitrogen and oxygen atoms in total. The normalized spacial score (nSPS) is 12.3. The molecule has 0 radical (unpaired) electrons. The summed E-state index contributed by atoms with van der Waals surface area (Å²) in [5.41, 5.74) is 5.41. The lowest BCUT2D eigenvalue weighted by molar-refractivity contribution is 0.690. The minimum absolute atomic E-state index is 0.273. The van der Waals surface area contributed by atoms with E-state index < -0.39 is 0 Å². The predicted molar refractivity (Wildman–Crippen MR) is 87.1 cm³/mol. The first-order valence-electron chi connectivity index (χ1n) is 7.57. The molecule has 0 aliphatic heterocycles. The number of rotatable bonds is 6. The lowest BCUT2D eigenvalue weighted by Gasteiger charge is -2.18. The van der Waals surface area contributed by atoms with Gasteiger partial charge in [0.25, 0.3) is 0 Å². The van der Waals surface area contributed by atoms with E-state index in [2.05, 4.69) is 67.7 Å². The fraction of sp³-hybridized carbons (Fsp3) is 0.368. The van der Waals surface area contributed by atoms with Crippen molar-refractivity contribution in [3.05, 3.63) is 70.8 Å². The lowest BCUT2D eigenvalue weighted by Crippen LogP contribution is -2.17. The van der Waals surface area contributed by atoms with Gasteiger partial charge in [0.2, 0.25) is 0 Å². The summed E-state index contributed by atoms with van der Waals surface area (Å²) >= 11 is 0. The molecule has 0 fully saturated rings. The van der Waals surface area contributed by atoms with E-state index in [0.717, 1.165) is 0 Å². The Morgan fingerprint density at radius 3 is 2.35 bits per heavy atom. The van der Waals surface area contributed by atoms with Gasteiger partial charge < -0.3 is 5.32 Å². The molecule has 1 N–H and O–H groups in total. The maximum absolute atomic E-state index is 3.42. The van der Waals surface area contributed by atoms with Crippen LogP contribution < -0.4 is 5.32 Å². The standard InChI is InChI=1S/C19H25N/c1-4-5-8-16-10-12-17(13-11-16)19(20-3)18-9-6-7-15(2)14-18/h6-7,9-14,19-20H,4-5,8H2,1-3H3. The van der Waals surface area contributed by atoms with Crippen LogP contribution in [0.25, 0.3) is 0 Å². The third-order valence-electron chi connectivity index (χ3n) is 3.80. The van der Waals surface area contributed by atoms with Gasteiger partial charge in [0.05, 0.1) is 6.04 Å². The molecule has 0 amide bonds. The van der Waals surface area contributed by atoms with Gasteiger partial charge in [-0.3, -0.25) is 0 Å². The molecule has 1 heteroatoms. The number of nitrogens with one attached hydrogen (secondary N) is 1. The van der Waals surface area contributed by atoms with Crippen LogP contribution in [-0.4, -0.2) is 7.05 Å². The van der Waals surface area contributed by atoms with E-state index in [9.17, 15) is 0 Å². The first kappa shape index (κ1) is 14.8. The smallest absolute Gasteiger partial charge is 0.0574 e. The summed E-state index contributed by atoms with van der Waals surface area (Å²) in [6, 6.07) is 18.1. The Morgan fingerprint density at radius 1 is 1.00 bits per heavy atom. The molecule has 0 heterocycles. The van der Waals surface area contributed by atoms with E-state index in [1.165, 1.54) is 41.5 Å². The highest BCUT2D eigenvalue weighted by Crippen LogP contribution is 2.23. The zero-order valence-corrected chi connectivity index (χ0v) is 12.8. The molecular weight excluding hydrogens is 242 g/mol. The minimum atomic E-state index is 0.273. The van der Waals surface area contributed by atoms with Crippen LogP contribution >= 0.6 is 0 Å². The van der Waals surface area contributed by atoms with Crippen molar-refractivity contribution in [3.8, 4) is 0 Å². The van der Waals surface area contributed by atoms with Crippen LogP contribution in [0.5, 0.6) is 0 Å².